The molecule has 2 nitrogen and oxygen atoms in total. The minimum Gasteiger partial charge on any atom is -0.329 e. The van der Waals surface area contributed by atoms with Gasteiger partial charge in [-0.1, -0.05) is 22.0 Å². The van der Waals surface area contributed by atoms with Gasteiger partial charge in [-0.2, -0.15) is 0 Å². The smallest absolute Gasteiger partial charge is 0.0467 e. The Hall–Kier alpha value is -0.840. The van der Waals surface area contributed by atoms with E-state index in [1.165, 1.54) is 10.5 Å². The molecule has 0 amide bonds. The summed E-state index contributed by atoms with van der Waals surface area (Å²) >= 11 is 5.25. The van der Waals surface area contributed by atoms with Crippen LogP contribution in [0.5, 0.6) is 0 Å². The van der Waals surface area contributed by atoms with Crippen molar-refractivity contribution in [1.29, 1.82) is 0 Å². The highest BCUT2D eigenvalue weighted by Crippen LogP contribution is 2.34. The SMILES string of the molecule is NCC(Sc1cccc(Br)c1)c1ccncc1. The Morgan fingerprint density at radius 3 is 2.65 bits per heavy atom. The minimum atomic E-state index is 0.271. The van der Waals surface area contributed by atoms with E-state index in [1.807, 2.05) is 24.3 Å². The molecule has 0 aliphatic rings. The number of benzene rings is 1. The molecule has 0 saturated heterocycles. The average Bonchev–Trinajstić information content (AvgIpc) is 2.37. The van der Waals surface area contributed by atoms with E-state index in [2.05, 4.69) is 33.0 Å². The van der Waals surface area contributed by atoms with Crippen LogP contribution in [-0.2, 0) is 0 Å². The first-order chi connectivity index (χ1) is 8.29. The van der Waals surface area contributed by atoms with Crippen molar-refractivity contribution >= 4 is 27.7 Å². The topological polar surface area (TPSA) is 38.9 Å². The van der Waals surface area contributed by atoms with Crippen LogP contribution in [0.1, 0.15) is 10.8 Å². The molecule has 0 aliphatic heterocycles. The molecule has 17 heavy (non-hydrogen) atoms. The predicted molar refractivity (Wildman–Crippen MR) is 76.0 cm³/mol. The van der Waals surface area contributed by atoms with Crippen molar-refractivity contribution in [3.05, 3.63) is 58.8 Å². The van der Waals surface area contributed by atoms with Gasteiger partial charge in [0.25, 0.3) is 0 Å². The maximum Gasteiger partial charge on any atom is 0.0467 e. The van der Waals surface area contributed by atoms with Gasteiger partial charge in [0.15, 0.2) is 0 Å². The summed E-state index contributed by atoms with van der Waals surface area (Å²) in [5, 5.41) is 0.271. The van der Waals surface area contributed by atoms with Crippen molar-refractivity contribution in [3.63, 3.8) is 0 Å². The molecule has 1 unspecified atom stereocenters. The van der Waals surface area contributed by atoms with Crippen LogP contribution in [-0.4, -0.2) is 11.5 Å². The Morgan fingerprint density at radius 2 is 2.00 bits per heavy atom. The second-order valence-corrected chi connectivity index (χ2v) is 5.77. The van der Waals surface area contributed by atoms with Crippen molar-refractivity contribution in [1.82, 2.24) is 4.98 Å². The van der Waals surface area contributed by atoms with E-state index in [4.69, 9.17) is 5.73 Å². The number of nitrogens with zero attached hydrogens (tertiary/aromatic N) is 1. The highest BCUT2D eigenvalue weighted by Gasteiger charge is 2.11. The highest BCUT2D eigenvalue weighted by molar-refractivity contribution is 9.10. The summed E-state index contributed by atoms with van der Waals surface area (Å²) in [4.78, 5) is 5.24. The van der Waals surface area contributed by atoms with Crippen LogP contribution in [0.25, 0.3) is 0 Å². The summed E-state index contributed by atoms with van der Waals surface area (Å²) in [6, 6.07) is 12.3. The third kappa shape index (κ3) is 3.56. The van der Waals surface area contributed by atoms with Gasteiger partial charge in [-0.05, 0) is 35.9 Å². The molecule has 0 bridgehead atoms. The molecule has 0 aliphatic carbocycles. The van der Waals surface area contributed by atoms with Gasteiger partial charge in [0.2, 0.25) is 0 Å². The van der Waals surface area contributed by atoms with Gasteiger partial charge < -0.3 is 5.73 Å². The summed E-state index contributed by atoms with van der Waals surface area (Å²) in [7, 11) is 0. The molecule has 0 saturated carbocycles. The highest BCUT2D eigenvalue weighted by atomic mass is 79.9. The van der Waals surface area contributed by atoms with Gasteiger partial charge in [0, 0.05) is 33.6 Å². The third-order valence-corrected chi connectivity index (χ3v) is 4.13. The lowest BCUT2D eigenvalue weighted by molar-refractivity contribution is 0.936. The standard InChI is InChI=1S/C13H13BrN2S/c14-11-2-1-3-12(8-11)17-13(9-15)10-4-6-16-7-5-10/h1-8,13H,9,15H2. The van der Waals surface area contributed by atoms with Gasteiger partial charge >= 0.3 is 0 Å². The van der Waals surface area contributed by atoms with Crippen molar-refractivity contribution in [2.24, 2.45) is 5.73 Å². The second kappa shape index (κ2) is 6.19. The molecule has 0 fully saturated rings. The Balaban J connectivity index is 2.16. The number of nitrogens with two attached hydrogens (primary N) is 1. The molecule has 2 aromatic rings. The van der Waals surface area contributed by atoms with E-state index < -0.39 is 0 Å². The number of pyridine rings is 1. The largest absolute Gasteiger partial charge is 0.329 e. The molecular weight excluding hydrogens is 296 g/mol. The van der Waals surface area contributed by atoms with Crippen LogP contribution in [0, 0.1) is 0 Å². The van der Waals surface area contributed by atoms with E-state index in [-0.39, 0.29) is 5.25 Å². The van der Waals surface area contributed by atoms with E-state index in [9.17, 15) is 0 Å². The lowest BCUT2D eigenvalue weighted by atomic mass is 10.2. The Morgan fingerprint density at radius 1 is 1.24 bits per heavy atom. The maximum absolute atomic E-state index is 5.84. The quantitative estimate of drug-likeness (QED) is 0.877. The number of thioether (sulfide) groups is 1. The van der Waals surface area contributed by atoms with E-state index in [1.54, 1.807) is 24.2 Å². The number of halogens is 1. The van der Waals surface area contributed by atoms with Crippen LogP contribution >= 0.6 is 27.7 Å². The van der Waals surface area contributed by atoms with E-state index in [0.29, 0.717) is 6.54 Å². The van der Waals surface area contributed by atoms with Crippen LogP contribution in [0.4, 0.5) is 0 Å². The summed E-state index contributed by atoms with van der Waals surface area (Å²) in [6.07, 6.45) is 3.61. The number of hydrogen-bond donors (Lipinski definition) is 1. The maximum atomic E-state index is 5.84. The molecule has 2 N–H and O–H groups in total. The number of rotatable bonds is 4. The van der Waals surface area contributed by atoms with Gasteiger partial charge in [-0.25, -0.2) is 0 Å². The normalized spacial score (nSPS) is 12.4. The van der Waals surface area contributed by atoms with Crippen LogP contribution in [0.3, 0.4) is 0 Å². The fraction of sp³-hybridized carbons (Fsp3) is 0.154. The fourth-order valence-electron chi connectivity index (χ4n) is 1.53. The zero-order valence-electron chi connectivity index (χ0n) is 9.21. The summed E-state index contributed by atoms with van der Waals surface area (Å²) in [6.45, 7) is 0.612. The number of aromatic nitrogens is 1. The third-order valence-electron chi connectivity index (χ3n) is 2.37. The fourth-order valence-corrected chi connectivity index (χ4v) is 3.16. The van der Waals surface area contributed by atoms with Gasteiger partial charge in [0.1, 0.15) is 0 Å². The lowest BCUT2D eigenvalue weighted by Crippen LogP contribution is -2.09. The van der Waals surface area contributed by atoms with E-state index >= 15 is 0 Å². The molecule has 1 aromatic carbocycles. The van der Waals surface area contributed by atoms with Crippen molar-refractivity contribution in [3.8, 4) is 0 Å². The van der Waals surface area contributed by atoms with Crippen LogP contribution in [0.2, 0.25) is 0 Å². The summed E-state index contributed by atoms with van der Waals surface area (Å²) in [5.41, 5.74) is 7.05. The molecule has 1 aromatic heterocycles. The van der Waals surface area contributed by atoms with Crippen molar-refractivity contribution in [2.75, 3.05) is 6.54 Å². The van der Waals surface area contributed by atoms with Crippen molar-refractivity contribution < 1.29 is 0 Å². The zero-order chi connectivity index (χ0) is 12.1. The molecule has 4 heteroatoms. The first kappa shape index (κ1) is 12.6. The Bertz CT molecular complexity index is 476. The first-order valence-electron chi connectivity index (χ1n) is 5.32. The molecule has 0 radical (unpaired) electrons. The summed E-state index contributed by atoms with van der Waals surface area (Å²) < 4.78 is 1.09. The van der Waals surface area contributed by atoms with Gasteiger partial charge in [-0.3, -0.25) is 4.98 Å². The van der Waals surface area contributed by atoms with Crippen molar-refractivity contribution in [2.45, 2.75) is 10.1 Å². The van der Waals surface area contributed by atoms with Gasteiger partial charge in [0.05, 0.1) is 0 Å². The number of hydrogen-bond acceptors (Lipinski definition) is 3. The molecular formula is C13H13BrN2S. The average molecular weight is 309 g/mol. The lowest BCUT2D eigenvalue weighted by Gasteiger charge is -2.14. The Kier molecular flexibility index (Phi) is 4.59. The predicted octanol–water partition coefficient (Wildman–Crippen LogP) is 3.64. The van der Waals surface area contributed by atoms with Crippen LogP contribution in [0.15, 0.2) is 58.2 Å². The molecule has 0 spiro atoms. The molecule has 1 heterocycles. The first-order valence-corrected chi connectivity index (χ1v) is 6.99. The van der Waals surface area contributed by atoms with Gasteiger partial charge in [-0.15, -0.1) is 11.8 Å². The summed E-state index contributed by atoms with van der Waals surface area (Å²) in [5.74, 6) is 0. The minimum absolute atomic E-state index is 0.271. The van der Waals surface area contributed by atoms with E-state index in [0.717, 1.165) is 4.47 Å². The zero-order valence-corrected chi connectivity index (χ0v) is 11.6. The Labute approximate surface area is 114 Å². The molecule has 2 rings (SSSR count). The molecule has 1 atom stereocenters. The van der Waals surface area contributed by atoms with Crippen LogP contribution < -0.4 is 5.73 Å². The molecule has 88 valence electrons. The second-order valence-electron chi connectivity index (χ2n) is 3.58. The monoisotopic (exact) mass is 308 g/mol.